The molecule has 1 aliphatic rings. The molecule has 1 atom stereocenters. The molecule has 1 aromatic carbocycles. The molecule has 10 nitrogen and oxygen atoms in total. The maximum atomic E-state index is 13.0. The quantitative estimate of drug-likeness (QED) is 0.601. The number of aliphatic carboxylic acids is 1. The van der Waals surface area contributed by atoms with Crippen molar-refractivity contribution in [3.8, 4) is 0 Å². The zero-order chi connectivity index (χ0) is 17.8. The van der Waals surface area contributed by atoms with Crippen LogP contribution in [0.15, 0.2) is 38.6 Å². The van der Waals surface area contributed by atoms with Crippen molar-refractivity contribution >= 4 is 27.1 Å². The van der Waals surface area contributed by atoms with E-state index in [1.54, 1.807) is 0 Å². The first kappa shape index (κ1) is 15.6. The van der Waals surface area contributed by atoms with Crippen LogP contribution in [0.1, 0.15) is 17.4 Å². The largest absolute Gasteiger partial charge is 0.480 e. The lowest BCUT2D eigenvalue weighted by Crippen LogP contribution is -2.43. The lowest BCUT2D eigenvalue weighted by molar-refractivity contribution is -0.142. The number of hydrogen-bond acceptors (Lipinski definition) is 6. The summed E-state index contributed by atoms with van der Waals surface area (Å²) in [6.07, 6.45) is 1.66. The van der Waals surface area contributed by atoms with Crippen LogP contribution in [-0.4, -0.2) is 45.3 Å². The van der Waals surface area contributed by atoms with Crippen molar-refractivity contribution in [1.82, 2.24) is 19.3 Å². The van der Waals surface area contributed by atoms with Gasteiger partial charge in [0.15, 0.2) is 11.6 Å². The third-order valence-electron chi connectivity index (χ3n) is 4.11. The molecule has 3 aromatic rings. The van der Waals surface area contributed by atoms with Gasteiger partial charge in [-0.15, -0.1) is 0 Å². The van der Waals surface area contributed by atoms with E-state index in [2.05, 4.69) is 15.0 Å². The number of carbonyl (C=O) groups is 1. The molecule has 0 bridgehead atoms. The Hall–Kier alpha value is -2.92. The molecule has 0 saturated carbocycles. The molecule has 0 amide bonds. The van der Waals surface area contributed by atoms with Crippen molar-refractivity contribution in [2.45, 2.75) is 17.4 Å². The smallest absolute Gasteiger partial charge is 0.417 e. The molecule has 0 unspecified atom stereocenters. The lowest BCUT2D eigenvalue weighted by Gasteiger charge is -2.31. The summed E-state index contributed by atoms with van der Waals surface area (Å²) in [4.78, 5) is 32.0. The highest BCUT2D eigenvalue weighted by atomic mass is 32.2. The van der Waals surface area contributed by atoms with Crippen LogP contribution in [0.2, 0.25) is 0 Å². The second-order valence-corrected chi connectivity index (χ2v) is 7.44. The molecule has 130 valence electrons. The molecule has 0 aliphatic carbocycles. The van der Waals surface area contributed by atoms with Crippen molar-refractivity contribution in [1.29, 1.82) is 0 Å². The Morgan fingerprint density at radius 3 is 2.96 bits per heavy atom. The fraction of sp³-hybridized carbons (Fsp3) is 0.214. The summed E-state index contributed by atoms with van der Waals surface area (Å²) in [6, 6.07) is 2.46. The van der Waals surface area contributed by atoms with Crippen LogP contribution in [0.25, 0.3) is 11.1 Å². The van der Waals surface area contributed by atoms with Gasteiger partial charge in [0.25, 0.3) is 0 Å². The molecule has 3 N–H and O–H groups in total. The molecular weight excluding hydrogens is 352 g/mol. The monoisotopic (exact) mass is 364 g/mol. The van der Waals surface area contributed by atoms with Gasteiger partial charge in [-0.3, -0.25) is 9.78 Å². The lowest BCUT2D eigenvalue weighted by atomic mass is 10.1. The SMILES string of the molecule is O=C(O)[C@@H]1c2nc[nH]c2CCN1S(=O)(=O)c1ccc2[nH]c(=O)oc2c1. The molecule has 4 rings (SSSR count). The van der Waals surface area contributed by atoms with Gasteiger partial charge in [0.2, 0.25) is 10.0 Å². The third kappa shape index (κ3) is 2.36. The standard InChI is InChI=1S/C14H12N4O6S/c19-13(20)12-11-9(15-6-16-11)3-4-18(12)25(22,23)7-1-2-8-10(5-7)24-14(21)17-8/h1-2,5-6,12H,3-4H2,(H,15,16)(H,17,21)(H,19,20)/t12-/m0/s1. The van der Waals surface area contributed by atoms with Gasteiger partial charge < -0.3 is 14.5 Å². The van der Waals surface area contributed by atoms with Crippen molar-refractivity contribution < 1.29 is 22.7 Å². The molecule has 3 heterocycles. The molecule has 0 fully saturated rings. The maximum Gasteiger partial charge on any atom is 0.417 e. The van der Waals surface area contributed by atoms with Crippen LogP contribution in [-0.2, 0) is 21.2 Å². The number of rotatable bonds is 3. The number of nitrogens with one attached hydrogen (secondary N) is 2. The van der Waals surface area contributed by atoms with Crippen molar-refractivity contribution in [2.24, 2.45) is 0 Å². The van der Waals surface area contributed by atoms with Crippen LogP contribution in [0.4, 0.5) is 0 Å². The predicted molar refractivity (Wildman–Crippen MR) is 83.4 cm³/mol. The van der Waals surface area contributed by atoms with E-state index in [1.165, 1.54) is 24.5 Å². The second kappa shape index (κ2) is 5.29. The Kier molecular flexibility index (Phi) is 3.30. The fourth-order valence-corrected chi connectivity index (χ4v) is 4.54. The third-order valence-corrected chi connectivity index (χ3v) is 5.97. The molecule has 11 heteroatoms. The highest BCUT2D eigenvalue weighted by molar-refractivity contribution is 7.89. The zero-order valence-corrected chi connectivity index (χ0v) is 13.4. The Balaban J connectivity index is 1.83. The predicted octanol–water partition coefficient (Wildman–Crippen LogP) is 0.217. The fourth-order valence-electron chi connectivity index (χ4n) is 2.98. The first-order valence-corrected chi connectivity index (χ1v) is 8.71. The van der Waals surface area contributed by atoms with Gasteiger partial charge in [0, 0.05) is 24.7 Å². The number of nitrogens with zero attached hydrogens (tertiary/aromatic N) is 2. The minimum absolute atomic E-state index is 0.0103. The molecule has 2 aromatic heterocycles. The van der Waals surface area contributed by atoms with E-state index in [-0.39, 0.29) is 22.7 Å². The van der Waals surface area contributed by atoms with Crippen LogP contribution in [0, 0.1) is 0 Å². The van der Waals surface area contributed by atoms with Gasteiger partial charge in [0.05, 0.1) is 22.4 Å². The second-order valence-electron chi connectivity index (χ2n) is 5.55. The van der Waals surface area contributed by atoms with E-state index < -0.39 is 27.8 Å². The van der Waals surface area contributed by atoms with Crippen molar-refractivity contribution in [3.05, 3.63) is 46.5 Å². The molecule has 0 spiro atoms. The molecular formula is C14H12N4O6S. The first-order valence-electron chi connectivity index (χ1n) is 7.27. The summed E-state index contributed by atoms with van der Waals surface area (Å²) in [5.74, 6) is -2.02. The van der Waals surface area contributed by atoms with Crippen molar-refractivity contribution in [2.75, 3.05) is 6.54 Å². The average Bonchev–Trinajstić information content (AvgIpc) is 3.17. The number of imidazole rings is 1. The molecule has 0 radical (unpaired) electrons. The normalized spacial score (nSPS) is 18.3. The Labute approximate surface area is 140 Å². The number of carboxylic acid groups (broad SMARTS) is 1. The molecule has 1 aliphatic heterocycles. The number of H-pyrrole nitrogens is 2. The number of sulfonamides is 1. The van der Waals surface area contributed by atoms with Crippen LogP contribution in [0.5, 0.6) is 0 Å². The number of aromatic nitrogens is 3. The van der Waals surface area contributed by atoms with E-state index in [1.807, 2.05) is 0 Å². The minimum Gasteiger partial charge on any atom is -0.480 e. The van der Waals surface area contributed by atoms with Gasteiger partial charge in [0.1, 0.15) is 0 Å². The van der Waals surface area contributed by atoms with Gasteiger partial charge >= 0.3 is 11.7 Å². The van der Waals surface area contributed by atoms with Gasteiger partial charge in [-0.1, -0.05) is 0 Å². The number of fused-ring (bicyclic) bond motifs is 2. The van der Waals surface area contributed by atoms with Crippen LogP contribution in [0.3, 0.4) is 0 Å². The van der Waals surface area contributed by atoms with Crippen LogP contribution < -0.4 is 5.76 Å². The van der Waals surface area contributed by atoms with Gasteiger partial charge in [-0.2, -0.15) is 4.31 Å². The molecule has 25 heavy (non-hydrogen) atoms. The van der Waals surface area contributed by atoms with Gasteiger partial charge in [-0.25, -0.2) is 18.2 Å². The Morgan fingerprint density at radius 2 is 2.20 bits per heavy atom. The summed E-state index contributed by atoms with van der Waals surface area (Å²) < 4.78 is 31.7. The minimum atomic E-state index is -4.14. The summed E-state index contributed by atoms with van der Waals surface area (Å²) in [5.41, 5.74) is 1.21. The highest BCUT2D eigenvalue weighted by Gasteiger charge is 2.42. The number of hydrogen-bond donors (Lipinski definition) is 3. The zero-order valence-electron chi connectivity index (χ0n) is 12.6. The molecule has 0 saturated heterocycles. The average molecular weight is 364 g/mol. The number of benzene rings is 1. The summed E-state index contributed by atoms with van der Waals surface area (Å²) in [5, 5.41) is 9.53. The summed E-state index contributed by atoms with van der Waals surface area (Å²) >= 11 is 0. The van der Waals surface area contributed by atoms with E-state index in [0.29, 0.717) is 17.6 Å². The van der Waals surface area contributed by atoms with Gasteiger partial charge in [-0.05, 0) is 12.1 Å². The Bertz CT molecular complexity index is 1140. The topological polar surface area (TPSA) is 149 Å². The van der Waals surface area contributed by atoms with Crippen molar-refractivity contribution in [3.63, 3.8) is 0 Å². The number of oxazole rings is 1. The van der Waals surface area contributed by atoms with Crippen LogP contribution >= 0.6 is 0 Å². The summed E-state index contributed by atoms with van der Waals surface area (Å²) in [7, 11) is -4.14. The van der Waals surface area contributed by atoms with E-state index in [9.17, 15) is 23.1 Å². The number of aromatic amines is 2. The van der Waals surface area contributed by atoms with E-state index in [0.717, 1.165) is 4.31 Å². The highest BCUT2D eigenvalue weighted by Crippen LogP contribution is 2.33. The Morgan fingerprint density at radius 1 is 1.40 bits per heavy atom. The number of carboxylic acids is 1. The first-order chi connectivity index (χ1) is 11.9. The maximum absolute atomic E-state index is 13.0. The summed E-state index contributed by atoms with van der Waals surface area (Å²) in [6.45, 7) is -0.0103. The van der Waals surface area contributed by atoms with E-state index in [4.69, 9.17) is 4.42 Å². The van der Waals surface area contributed by atoms with E-state index >= 15 is 0 Å².